The van der Waals surface area contributed by atoms with E-state index in [1.54, 1.807) is 6.07 Å². The van der Waals surface area contributed by atoms with Gasteiger partial charge in [-0.1, -0.05) is 12.1 Å². The van der Waals surface area contributed by atoms with Gasteiger partial charge in [-0.05, 0) is 37.6 Å². The topological polar surface area (TPSA) is 66.0 Å². The van der Waals surface area contributed by atoms with E-state index in [0.29, 0.717) is 35.8 Å². The van der Waals surface area contributed by atoms with Gasteiger partial charge >= 0.3 is 0 Å². The lowest BCUT2D eigenvalue weighted by atomic mass is 10.1. The average Bonchev–Trinajstić information content (AvgIpc) is 3.18. The SMILES string of the molecule is CCc1nc([C@H]2CCCN2Cc2cc(C#N)ccc2F)no1. The van der Waals surface area contributed by atoms with E-state index in [2.05, 4.69) is 15.0 Å². The van der Waals surface area contributed by atoms with Crippen molar-refractivity contribution in [3.05, 3.63) is 46.9 Å². The Kier molecular flexibility index (Phi) is 4.16. The number of likely N-dealkylation sites (tertiary alicyclic amines) is 1. The summed E-state index contributed by atoms with van der Waals surface area (Å²) in [5.41, 5.74) is 1.00. The molecule has 2 aromatic rings. The Bertz CT molecular complexity index is 706. The molecule has 22 heavy (non-hydrogen) atoms. The van der Waals surface area contributed by atoms with Crippen molar-refractivity contribution in [3.63, 3.8) is 0 Å². The zero-order valence-corrected chi connectivity index (χ0v) is 12.4. The summed E-state index contributed by atoms with van der Waals surface area (Å²) in [5.74, 6) is 1.01. The molecular formula is C16H17FN4O. The molecule has 1 saturated heterocycles. The number of nitrogens with zero attached hydrogens (tertiary/aromatic N) is 4. The summed E-state index contributed by atoms with van der Waals surface area (Å²) in [5, 5.41) is 13.0. The number of aryl methyl sites for hydroxylation is 1. The molecule has 0 saturated carbocycles. The third-order valence-electron chi connectivity index (χ3n) is 4.00. The molecule has 2 heterocycles. The smallest absolute Gasteiger partial charge is 0.226 e. The molecule has 0 aliphatic carbocycles. The van der Waals surface area contributed by atoms with Gasteiger partial charge in [0, 0.05) is 18.5 Å². The van der Waals surface area contributed by atoms with Crippen molar-refractivity contribution in [2.24, 2.45) is 0 Å². The molecule has 0 spiro atoms. The summed E-state index contributed by atoms with van der Waals surface area (Å²) in [7, 11) is 0. The van der Waals surface area contributed by atoms with Gasteiger partial charge in [0.05, 0.1) is 17.7 Å². The summed E-state index contributed by atoms with van der Waals surface area (Å²) in [6.07, 6.45) is 2.65. The zero-order valence-electron chi connectivity index (χ0n) is 12.4. The Labute approximate surface area is 128 Å². The van der Waals surface area contributed by atoms with Crippen LogP contribution in [0.15, 0.2) is 22.7 Å². The van der Waals surface area contributed by atoms with Gasteiger partial charge in [0.25, 0.3) is 0 Å². The molecular weight excluding hydrogens is 283 g/mol. The van der Waals surface area contributed by atoms with Gasteiger partial charge in [-0.3, -0.25) is 4.90 Å². The number of hydrogen-bond acceptors (Lipinski definition) is 5. The first kappa shape index (κ1) is 14.7. The van der Waals surface area contributed by atoms with E-state index < -0.39 is 0 Å². The fourth-order valence-corrected chi connectivity index (χ4v) is 2.84. The van der Waals surface area contributed by atoms with E-state index in [9.17, 15) is 4.39 Å². The molecule has 1 aromatic heterocycles. The minimum absolute atomic E-state index is 0.0502. The van der Waals surface area contributed by atoms with Gasteiger partial charge in [-0.2, -0.15) is 10.2 Å². The summed E-state index contributed by atoms with van der Waals surface area (Å²) in [4.78, 5) is 6.54. The molecule has 6 heteroatoms. The van der Waals surface area contributed by atoms with E-state index in [1.807, 2.05) is 13.0 Å². The summed E-state index contributed by atoms with van der Waals surface area (Å²) >= 11 is 0. The lowest BCUT2D eigenvalue weighted by Crippen LogP contribution is -2.24. The maximum atomic E-state index is 14.0. The number of halogens is 1. The summed E-state index contributed by atoms with van der Waals surface area (Å²) in [6, 6.07) is 6.55. The average molecular weight is 300 g/mol. The number of nitriles is 1. The second-order valence-electron chi connectivity index (χ2n) is 5.45. The Hall–Kier alpha value is -2.26. The quantitative estimate of drug-likeness (QED) is 0.868. The lowest BCUT2D eigenvalue weighted by Gasteiger charge is -2.22. The van der Waals surface area contributed by atoms with Gasteiger partial charge in [-0.15, -0.1) is 0 Å². The fourth-order valence-electron chi connectivity index (χ4n) is 2.84. The second-order valence-corrected chi connectivity index (χ2v) is 5.45. The largest absolute Gasteiger partial charge is 0.339 e. The number of rotatable bonds is 4. The number of hydrogen-bond donors (Lipinski definition) is 0. The third kappa shape index (κ3) is 2.85. The molecule has 0 unspecified atom stereocenters. The zero-order chi connectivity index (χ0) is 15.5. The Morgan fingerprint density at radius 3 is 3.09 bits per heavy atom. The fraction of sp³-hybridized carbons (Fsp3) is 0.438. The first-order chi connectivity index (χ1) is 10.7. The lowest BCUT2D eigenvalue weighted by molar-refractivity contribution is 0.231. The van der Waals surface area contributed by atoms with Crippen molar-refractivity contribution in [2.75, 3.05) is 6.54 Å². The predicted octanol–water partition coefficient (Wildman–Crippen LogP) is 2.98. The van der Waals surface area contributed by atoms with E-state index in [4.69, 9.17) is 9.78 Å². The van der Waals surface area contributed by atoms with Crippen molar-refractivity contribution < 1.29 is 8.91 Å². The highest BCUT2D eigenvalue weighted by atomic mass is 19.1. The van der Waals surface area contributed by atoms with Gasteiger partial charge in [0.1, 0.15) is 5.82 Å². The molecule has 0 bridgehead atoms. The molecule has 5 nitrogen and oxygen atoms in total. The molecule has 0 N–H and O–H groups in total. The van der Waals surface area contributed by atoms with Gasteiger partial charge in [0.15, 0.2) is 5.82 Å². The molecule has 1 atom stereocenters. The molecule has 1 aliphatic heterocycles. The minimum atomic E-state index is -0.285. The van der Waals surface area contributed by atoms with Crippen LogP contribution in [-0.2, 0) is 13.0 Å². The van der Waals surface area contributed by atoms with Crippen molar-refractivity contribution in [3.8, 4) is 6.07 Å². The van der Waals surface area contributed by atoms with E-state index in [1.165, 1.54) is 12.1 Å². The van der Waals surface area contributed by atoms with Crippen LogP contribution in [0.3, 0.4) is 0 Å². The molecule has 1 aromatic carbocycles. The van der Waals surface area contributed by atoms with Crippen LogP contribution < -0.4 is 0 Å². The van der Waals surface area contributed by atoms with Crippen LogP contribution in [0.2, 0.25) is 0 Å². The predicted molar refractivity (Wildman–Crippen MR) is 77.2 cm³/mol. The first-order valence-corrected chi connectivity index (χ1v) is 7.46. The summed E-state index contributed by atoms with van der Waals surface area (Å²) < 4.78 is 19.1. The van der Waals surface area contributed by atoms with E-state index >= 15 is 0 Å². The van der Waals surface area contributed by atoms with Gasteiger partial charge < -0.3 is 4.52 Å². The van der Waals surface area contributed by atoms with E-state index in [-0.39, 0.29) is 11.9 Å². The summed E-state index contributed by atoms with van der Waals surface area (Å²) in [6.45, 7) is 3.27. The number of benzene rings is 1. The Morgan fingerprint density at radius 1 is 1.50 bits per heavy atom. The van der Waals surface area contributed by atoms with Crippen LogP contribution in [0.5, 0.6) is 0 Å². The molecule has 1 aliphatic rings. The standard InChI is InChI=1S/C16H17FN4O/c1-2-15-19-16(20-22-15)14-4-3-7-21(14)10-12-8-11(9-18)5-6-13(12)17/h5-6,8,14H,2-4,7,10H2,1H3/t14-/m1/s1. The molecule has 3 rings (SSSR count). The van der Waals surface area contributed by atoms with E-state index in [0.717, 1.165) is 19.4 Å². The maximum absolute atomic E-state index is 14.0. The minimum Gasteiger partial charge on any atom is -0.339 e. The molecule has 1 fully saturated rings. The highest BCUT2D eigenvalue weighted by Crippen LogP contribution is 2.32. The monoisotopic (exact) mass is 300 g/mol. The molecule has 0 radical (unpaired) electrons. The van der Waals surface area contributed by atoms with Crippen LogP contribution in [0.25, 0.3) is 0 Å². The Morgan fingerprint density at radius 2 is 2.36 bits per heavy atom. The molecule has 114 valence electrons. The third-order valence-corrected chi connectivity index (χ3v) is 4.00. The van der Waals surface area contributed by atoms with Gasteiger partial charge in [0.2, 0.25) is 5.89 Å². The van der Waals surface area contributed by atoms with Gasteiger partial charge in [-0.25, -0.2) is 4.39 Å². The maximum Gasteiger partial charge on any atom is 0.226 e. The highest BCUT2D eigenvalue weighted by molar-refractivity contribution is 5.33. The molecule has 0 amide bonds. The highest BCUT2D eigenvalue weighted by Gasteiger charge is 2.30. The van der Waals surface area contributed by atoms with Crippen molar-refractivity contribution >= 4 is 0 Å². The van der Waals surface area contributed by atoms with Crippen LogP contribution in [0.4, 0.5) is 4.39 Å². The van der Waals surface area contributed by atoms with Crippen molar-refractivity contribution in [1.29, 1.82) is 5.26 Å². The number of aromatic nitrogens is 2. The normalized spacial score (nSPS) is 18.5. The Balaban J connectivity index is 1.80. The van der Waals surface area contributed by atoms with Crippen LogP contribution in [0.1, 0.15) is 48.6 Å². The van der Waals surface area contributed by atoms with Crippen LogP contribution in [0, 0.1) is 17.1 Å². The van der Waals surface area contributed by atoms with Crippen molar-refractivity contribution in [1.82, 2.24) is 15.0 Å². The van der Waals surface area contributed by atoms with Crippen LogP contribution >= 0.6 is 0 Å². The van der Waals surface area contributed by atoms with Crippen LogP contribution in [-0.4, -0.2) is 21.6 Å². The second kappa shape index (κ2) is 6.24. The van der Waals surface area contributed by atoms with Crippen molar-refractivity contribution in [2.45, 2.75) is 38.8 Å². The first-order valence-electron chi connectivity index (χ1n) is 7.46.